The molecule has 2 aromatic rings. The van der Waals surface area contributed by atoms with Crippen LogP contribution in [-0.4, -0.2) is 12.0 Å². The lowest BCUT2D eigenvalue weighted by molar-refractivity contribution is 0.112. The molecule has 0 amide bonds. The van der Waals surface area contributed by atoms with Crippen LogP contribution in [0.1, 0.15) is 48.0 Å². The fraction of sp³-hybridized carbons (Fsp3) is 0.350. The molecule has 2 aromatic carbocycles. The van der Waals surface area contributed by atoms with Gasteiger partial charge in [-0.1, -0.05) is 43.5 Å². The van der Waals surface area contributed by atoms with E-state index in [0.717, 1.165) is 40.9 Å². The number of aldehydes is 1. The van der Waals surface area contributed by atoms with Crippen molar-refractivity contribution in [3.63, 3.8) is 0 Å². The van der Waals surface area contributed by atoms with Crippen molar-refractivity contribution in [2.45, 2.75) is 43.4 Å². The Hall–Kier alpha value is -1.61. The third kappa shape index (κ3) is 6.57. The monoisotopic (exact) mass is 330 g/mol. The van der Waals surface area contributed by atoms with Gasteiger partial charge in [0.1, 0.15) is 12.1 Å². The molecule has 3 heteroatoms. The first-order chi connectivity index (χ1) is 11.3. The Morgan fingerprint density at radius 1 is 0.870 bits per heavy atom. The summed E-state index contributed by atoms with van der Waals surface area (Å²) in [5.41, 5.74) is 1.98. The third-order valence-corrected chi connectivity index (χ3v) is 4.95. The number of rotatable bonds is 10. The van der Waals surface area contributed by atoms with E-state index in [2.05, 4.69) is 0 Å². The van der Waals surface area contributed by atoms with Crippen LogP contribution in [0, 0.1) is 5.82 Å². The van der Waals surface area contributed by atoms with Gasteiger partial charge in [0, 0.05) is 10.5 Å². The number of benzene rings is 2. The molecule has 0 radical (unpaired) electrons. The summed E-state index contributed by atoms with van der Waals surface area (Å²) in [5, 5.41) is 0. The molecule has 0 saturated heterocycles. The van der Waals surface area contributed by atoms with Crippen molar-refractivity contribution in [2.24, 2.45) is 0 Å². The SMILES string of the molecule is O=Cc1ccccc1CCCCCCCSc1ccc(F)cc1. The lowest BCUT2D eigenvalue weighted by Crippen LogP contribution is -1.92. The summed E-state index contributed by atoms with van der Waals surface area (Å²) in [6.45, 7) is 0. The number of thioether (sulfide) groups is 1. The molecule has 0 atom stereocenters. The molecule has 122 valence electrons. The summed E-state index contributed by atoms with van der Waals surface area (Å²) < 4.78 is 12.8. The summed E-state index contributed by atoms with van der Waals surface area (Å²) in [6.07, 6.45) is 7.91. The third-order valence-electron chi connectivity index (χ3n) is 3.85. The smallest absolute Gasteiger partial charge is 0.150 e. The van der Waals surface area contributed by atoms with Crippen LogP contribution in [0.3, 0.4) is 0 Å². The predicted molar refractivity (Wildman–Crippen MR) is 95.7 cm³/mol. The first-order valence-corrected chi connectivity index (χ1v) is 9.19. The lowest BCUT2D eigenvalue weighted by atomic mass is 10.0. The summed E-state index contributed by atoms with van der Waals surface area (Å²) in [6, 6.07) is 14.5. The predicted octanol–water partition coefficient (Wildman–Crippen LogP) is 5.92. The molecule has 0 unspecified atom stereocenters. The van der Waals surface area contributed by atoms with E-state index in [1.807, 2.05) is 36.4 Å². The van der Waals surface area contributed by atoms with Gasteiger partial charge >= 0.3 is 0 Å². The fourth-order valence-electron chi connectivity index (χ4n) is 2.55. The number of halogens is 1. The normalized spacial score (nSPS) is 10.7. The lowest BCUT2D eigenvalue weighted by Gasteiger charge is -2.05. The largest absolute Gasteiger partial charge is 0.298 e. The second-order valence-corrected chi connectivity index (χ2v) is 6.81. The minimum atomic E-state index is -0.175. The highest BCUT2D eigenvalue weighted by Crippen LogP contribution is 2.20. The van der Waals surface area contributed by atoms with E-state index < -0.39 is 0 Å². The van der Waals surface area contributed by atoms with Crippen molar-refractivity contribution in [3.05, 3.63) is 65.5 Å². The Bertz CT molecular complexity index is 595. The van der Waals surface area contributed by atoms with Gasteiger partial charge in [-0.05, 0) is 54.8 Å². The van der Waals surface area contributed by atoms with E-state index in [1.165, 1.54) is 37.8 Å². The maximum atomic E-state index is 12.8. The second-order valence-electron chi connectivity index (χ2n) is 5.64. The molecule has 0 aliphatic heterocycles. The number of hydrogen-bond acceptors (Lipinski definition) is 2. The standard InChI is InChI=1S/C20H23FOS/c21-19-11-13-20(14-12-19)23-15-7-3-1-2-4-8-17-9-5-6-10-18(17)16-22/h5-6,9-14,16H,1-4,7-8,15H2. The Morgan fingerprint density at radius 3 is 2.35 bits per heavy atom. The van der Waals surface area contributed by atoms with Crippen LogP contribution in [0.4, 0.5) is 4.39 Å². The Balaban J connectivity index is 1.52. The average molecular weight is 330 g/mol. The zero-order valence-corrected chi connectivity index (χ0v) is 14.2. The summed E-state index contributed by atoms with van der Waals surface area (Å²) in [4.78, 5) is 12.1. The van der Waals surface area contributed by atoms with Gasteiger partial charge in [-0.15, -0.1) is 11.8 Å². The van der Waals surface area contributed by atoms with Crippen LogP contribution in [0.2, 0.25) is 0 Å². The molecule has 0 bridgehead atoms. The molecular formula is C20H23FOS. The summed E-state index contributed by atoms with van der Waals surface area (Å²) in [5.74, 6) is 0.907. The van der Waals surface area contributed by atoms with Crippen molar-refractivity contribution < 1.29 is 9.18 Å². The quantitative estimate of drug-likeness (QED) is 0.305. The highest BCUT2D eigenvalue weighted by Gasteiger charge is 2.00. The molecule has 23 heavy (non-hydrogen) atoms. The van der Waals surface area contributed by atoms with E-state index in [9.17, 15) is 9.18 Å². The highest BCUT2D eigenvalue weighted by atomic mass is 32.2. The van der Waals surface area contributed by atoms with E-state index >= 15 is 0 Å². The molecule has 0 spiro atoms. The first kappa shape index (κ1) is 17.7. The Labute approximate surface area is 142 Å². The van der Waals surface area contributed by atoms with Crippen molar-refractivity contribution >= 4 is 18.0 Å². The minimum Gasteiger partial charge on any atom is -0.298 e. The van der Waals surface area contributed by atoms with Crippen LogP contribution in [0.5, 0.6) is 0 Å². The summed E-state index contributed by atoms with van der Waals surface area (Å²) in [7, 11) is 0. The van der Waals surface area contributed by atoms with Gasteiger partial charge in [0.05, 0.1) is 0 Å². The second kappa shape index (κ2) is 10.2. The molecule has 0 aromatic heterocycles. The minimum absolute atomic E-state index is 0.175. The summed E-state index contributed by atoms with van der Waals surface area (Å²) >= 11 is 1.79. The van der Waals surface area contributed by atoms with Crippen LogP contribution < -0.4 is 0 Å². The van der Waals surface area contributed by atoms with Gasteiger partial charge in [-0.2, -0.15) is 0 Å². The van der Waals surface area contributed by atoms with Crippen molar-refractivity contribution in [1.29, 1.82) is 0 Å². The van der Waals surface area contributed by atoms with Crippen molar-refractivity contribution in [2.75, 3.05) is 5.75 Å². The van der Waals surface area contributed by atoms with Crippen LogP contribution in [-0.2, 0) is 6.42 Å². The fourth-order valence-corrected chi connectivity index (χ4v) is 3.46. The number of hydrogen-bond donors (Lipinski definition) is 0. The van der Waals surface area contributed by atoms with Gasteiger partial charge in [0.15, 0.2) is 0 Å². The molecule has 0 aliphatic carbocycles. The van der Waals surface area contributed by atoms with Crippen molar-refractivity contribution in [3.8, 4) is 0 Å². The van der Waals surface area contributed by atoms with Gasteiger partial charge in [0.25, 0.3) is 0 Å². The van der Waals surface area contributed by atoms with Gasteiger partial charge in [0.2, 0.25) is 0 Å². The Kier molecular flexibility index (Phi) is 7.88. The van der Waals surface area contributed by atoms with E-state index in [-0.39, 0.29) is 5.82 Å². The van der Waals surface area contributed by atoms with Crippen LogP contribution in [0.15, 0.2) is 53.4 Å². The van der Waals surface area contributed by atoms with Gasteiger partial charge < -0.3 is 0 Å². The molecule has 0 saturated carbocycles. The Morgan fingerprint density at radius 2 is 1.57 bits per heavy atom. The average Bonchev–Trinajstić information content (AvgIpc) is 2.59. The molecule has 2 rings (SSSR count). The first-order valence-electron chi connectivity index (χ1n) is 8.21. The molecule has 0 heterocycles. The molecular weight excluding hydrogens is 307 g/mol. The maximum Gasteiger partial charge on any atom is 0.150 e. The molecule has 0 fully saturated rings. The number of unbranched alkanes of at least 4 members (excludes halogenated alkanes) is 4. The molecule has 0 N–H and O–H groups in total. The highest BCUT2D eigenvalue weighted by molar-refractivity contribution is 7.99. The topological polar surface area (TPSA) is 17.1 Å². The van der Waals surface area contributed by atoms with E-state index in [4.69, 9.17) is 0 Å². The maximum absolute atomic E-state index is 12.8. The number of carbonyl (C=O) groups is 1. The zero-order valence-electron chi connectivity index (χ0n) is 13.3. The van der Waals surface area contributed by atoms with Gasteiger partial charge in [-0.25, -0.2) is 4.39 Å². The van der Waals surface area contributed by atoms with Gasteiger partial charge in [-0.3, -0.25) is 4.79 Å². The van der Waals surface area contributed by atoms with Crippen molar-refractivity contribution in [1.82, 2.24) is 0 Å². The van der Waals surface area contributed by atoms with E-state index in [0.29, 0.717) is 0 Å². The number of aryl methyl sites for hydroxylation is 1. The van der Waals surface area contributed by atoms with E-state index in [1.54, 1.807) is 11.8 Å². The van der Waals surface area contributed by atoms with Crippen LogP contribution in [0.25, 0.3) is 0 Å². The van der Waals surface area contributed by atoms with Crippen LogP contribution >= 0.6 is 11.8 Å². The number of carbonyl (C=O) groups excluding carboxylic acids is 1. The molecule has 0 aliphatic rings. The zero-order chi connectivity index (χ0) is 16.3. The molecule has 1 nitrogen and oxygen atoms in total.